The van der Waals surface area contributed by atoms with E-state index in [0.29, 0.717) is 24.5 Å². The first kappa shape index (κ1) is 25.3. The van der Waals surface area contributed by atoms with Crippen LogP contribution in [0.15, 0.2) is 53.4 Å². The van der Waals surface area contributed by atoms with Gasteiger partial charge in [-0.05, 0) is 56.2 Å². The summed E-state index contributed by atoms with van der Waals surface area (Å²) in [5.74, 6) is 0.516. The summed E-state index contributed by atoms with van der Waals surface area (Å²) in [6, 6.07) is 14.4. The van der Waals surface area contributed by atoms with Gasteiger partial charge in [-0.3, -0.25) is 4.79 Å². The molecule has 0 saturated heterocycles. The van der Waals surface area contributed by atoms with Crippen LogP contribution in [-0.4, -0.2) is 51.4 Å². The zero-order valence-electron chi connectivity index (χ0n) is 19.8. The quantitative estimate of drug-likeness (QED) is 0.431. The molecule has 3 rings (SSSR count). The molecule has 9 nitrogen and oxygen atoms in total. The number of methoxy groups -OCH3 is 2. The van der Waals surface area contributed by atoms with E-state index in [1.54, 1.807) is 0 Å². The van der Waals surface area contributed by atoms with Gasteiger partial charge in [-0.1, -0.05) is 12.1 Å². The third-order valence-electron chi connectivity index (χ3n) is 5.24. The van der Waals surface area contributed by atoms with E-state index in [-0.39, 0.29) is 23.8 Å². The largest absolute Gasteiger partial charge is 0.493 e. The van der Waals surface area contributed by atoms with Gasteiger partial charge in [0.15, 0.2) is 11.5 Å². The zero-order valence-corrected chi connectivity index (χ0v) is 20.6. The number of hydrogen-bond donors (Lipinski definition) is 2. The van der Waals surface area contributed by atoms with Gasteiger partial charge in [0.2, 0.25) is 15.9 Å². The number of rotatable bonds is 11. The van der Waals surface area contributed by atoms with Crippen molar-refractivity contribution in [2.24, 2.45) is 0 Å². The third-order valence-corrected chi connectivity index (χ3v) is 6.69. The molecular weight excluding hydrogens is 456 g/mol. The number of carbonyl (C=O) groups excluding carboxylic acids is 1. The molecule has 0 spiro atoms. The molecule has 2 aromatic carbocycles. The molecule has 0 saturated carbocycles. The summed E-state index contributed by atoms with van der Waals surface area (Å²) in [7, 11) is -0.873. The SMILES string of the molecule is COc1ccc(S(=O)(=O)NCCC(=O)NCCc2ccc(-n3nc(C)cc3C)cc2)cc1OC. The van der Waals surface area contributed by atoms with Crippen LogP contribution in [0.4, 0.5) is 0 Å². The van der Waals surface area contributed by atoms with E-state index in [9.17, 15) is 13.2 Å². The maximum absolute atomic E-state index is 12.5. The van der Waals surface area contributed by atoms with Crippen molar-refractivity contribution in [1.29, 1.82) is 0 Å². The van der Waals surface area contributed by atoms with Crippen molar-refractivity contribution in [2.75, 3.05) is 27.3 Å². The molecule has 0 unspecified atom stereocenters. The van der Waals surface area contributed by atoms with Crippen LogP contribution >= 0.6 is 0 Å². The monoisotopic (exact) mass is 486 g/mol. The minimum Gasteiger partial charge on any atom is -0.493 e. The lowest BCUT2D eigenvalue weighted by atomic mass is 10.1. The van der Waals surface area contributed by atoms with Crippen LogP contribution in [0, 0.1) is 13.8 Å². The highest BCUT2D eigenvalue weighted by Crippen LogP contribution is 2.29. The van der Waals surface area contributed by atoms with Gasteiger partial charge in [-0.2, -0.15) is 5.10 Å². The minimum atomic E-state index is -3.78. The number of aryl methyl sites for hydroxylation is 2. The Balaban J connectivity index is 1.43. The van der Waals surface area contributed by atoms with Crippen LogP contribution in [0.1, 0.15) is 23.4 Å². The Labute approximate surface area is 200 Å². The molecule has 0 atom stereocenters. The molecule has 0 aliphatic carbocycles. The van der Waals surface area contributed by atoms with E-state index < -0.39 is 10.0 Å². The molecule has 0 aliphatic heterocycles. The van der Waals surface area contributed by atoms with Crippen molar-refractivity contribution in [3.8, 4) is 17.2 Å². The predicted molar refractivity (Wildman–Crippen MR) is 129 cm³/mol. The fourth-order valence-corrected chi connectivity index (χ4v) is 4.54. The van der Waals surface area contributed by atoms with Gasteiger partial charge in [0, 0.05) is 31.3 Å². The number of benzene rings is 2. The Morgan fingerprint density at radius 1 is 0.971 bits per heavy atom. The summed E-state index contributed by atoms with van der Waals surface area (Å²) in [5, 5.41) is 7.30. The highest BCUT2D eigenvalue weighted by molar-refractivity contribution is 7.89. The van der Waals surface area contributed by atoms with Gasteiger partial charge in [-0.15, -0.1) is 0 Å². The van der Waals surface area contributed by atoms with Crippen LogP contribution in [0.5, 0.6) is 11.5 Å². The molecule has 0 radical (unpaired) electrons. The van der Waals surface area contributed by atoms with Crippen LogP contribution in [-0.2, 0) is 21.2 Å². The molecule has 1 amide bonds. The summed E-state index contributed by atoms with van der Waals surface area (Å²) in [6.07, 6.45) is 0.698. The van der Waals surface area contributed by atoms with Crippen molar-refractivity contribution >= 4 is 15.9 Å². The highest BCUT2D eigenvalue weighted by Gasteiger charge is 2.17. The Hall–Kier alpha value is -3.37. The molecule has 34 heavy (non-hydrogen) atoms. The maximum atomic E-state index is 12.5. The van der Waals surface area contributed by atoms with Crippen LogP contribution < -0.4 is 19.5 Å². The van der Waals surface area contributed by atoms with Crippen molar-refractivity contribution in [2.45, 2.75) is 31.6 Å². The topological polar surface area (TPSA) is 112 Å². The number of nitrogens with zero attached hydrogens (tertiary/aromatic N) is 2. The molecule has 1 heterocycles. The summed E-state index contributed by atoms with van der Waals surface area (Å²) < 4.78 is 39.6. The van der Waals surface area contributed by atoms with Crippen LogP contribution in [0.2, 0.25) is 0 Å². The Kier molecular flexibility index (Phi) is 8.30. The third kappa shape index (κ3) is 6.36. The molecule has 2 N–H and O–H groups in total. The molecule has 10 heteroatoms. The molecule has 1 aromatic heterocycles. The fourth-order valence-electron chi connectivity index (χ4n) is 3.49. The average Bonchev–Trinajstić information content (AvgIpc) is 3.16. The summed E-state index contributed by atoms with van der Waals surface area (Å²) in [5.41, 5.74) is 4.11. The van der Waals surface area contributed by atoms with E-state index in [2.05, 4.69) is 15.1 Å². The minimum absolute atomic E-state index is 0.0140. The first-order chi connectivity index (χ1) is 16.2. The van der Waals surface area contributed by atoms with Crippen LogP contribution in [0.25, 0.3) is 5.69 Å². The lowest BCUT2D eigenvalue weighted by Gasteiger charge is -2.11. The van der Waals surface area contributed by atoms with E-state index in [1.165, 1.54) is 32.4 Å². The number of carbonyl (C=O) groups is 1. The fraction of sp³-hybridized carbons (Fsp3) is 0.333. The van der Waals surface area contributed by atoms with Gasteiger partial charge < -0.3 is 14.8 Å². The molecular formula is C24H30N4O5S. The van der Waals surface area contributed by atoms with Crippen molar-refractivity contribution < 1.29 is 22.7 Å². The van der Waals surface area contributed by atoms with Crippen molar-refractivity contribution in [3.05, 3.63) is 65.5 Å². The van der Waals surface area contributed by atoms with Gasteiger partial charge in [0.05, 0.1) is 30.5 Å². The number of hydrogen-bond acceptors (Lipinski definition) is 6. The zero-order chi connectivity index (χ0) is 24.7. The smallest absolute Gasteiger partial charge is 0.240 e. The van der Waals surface area contributed by atoms with Crippen LogP contribution in [0.3, 0.4) is 0 Å². The molecule has 0 bridgehead atoms. The van der Waals surface area contributed by atoms with Gasteiger partial charge in [0.25, 0.3) is 0 Å². The number of ether oxygens (including phenoxy) is 2. The second-order valence-corrected chi connectivity index (χ2v) is 9.54. The lowest BCUT2D eigenvalue weighted by Crippen LogP contribution is -2.31. The number of aromatic nitrogens is 2. The Morgan fingerprint density at radius 2 is 1.68 bits per heavy atom. The number of amides is 1. The molecule has 182 valence electrons. The summed E-state index contributed by atoms with van der Waals surface area (Å²) in [4.78, 5) is 12.2. The van der Waals surface area contributed by atoms with E-state index in [1.807, 2.05) is 48.9 Å². The Bertz CT molecular complexity index is 1240. The first-order valence-electron chi connectivity index (χ1n) is 10.8. The molecule has 0 aliphatic rings. The number of sulfonamides is 1. The Morgan fingerprint density at radius 3 is 2.29 bits per heavy atom. The second-order valence-electron chi connectivity index (χ2n) is 7.77. The van der Waals surface area contributed by atoms with E-state index in [0.717, 1.165) is 22.6 Å². The van der Waals surface area contributed by atoms with E-state index in [4.69, 9.17) is 9.47 Å². The van der Waals surface area contributed by atoms with Crippen molar-refractivity contribution in [3.63, 3.8) is 0 Å². The summed E-state index contributed by atoms with van der Waals surface area (Å²) in [6.45, 7) is 4.42. The van der Waals surface area contributed by atoms with Gasteiger partial charge in [0.1, 0.15) is 0 Å². The number of nitrogens with one attached hydrogen (secondary N) is 2. The lowest BCUT2D eigenvalue weighted by molar-refractivity contribution is -0.120. The second kappa shape index (κ2) is 11.2. The highest BCUT2D eigenvalue weighted by atomic mass is 32.2. The van der Waals surface area contributed by atoms with Gasteiger partial charge in [-0.25, -0.2) is 17.8 Å². The molecule has 3 aromatic rings. The predicted octanol–water partition coefficient (Wildman–Crippen LogP) is 2.53. The standard InChI is InChI=1S/C24H30N4O5S/c1-17-15-18(2)28(27-17)20-7-5-19(6-8-20)11-13-25-24(29)12-14-26-34(30,31)21-9-10-22(32-3)23(16-21)33-4/h5-10,15-16,26H,11-14H2,1-4H3,(H,25,29). The maximum Gasteiger partial charge on any atom is 0.240 e. The average molecular weight is 487 g/mol. The first-order valence-corrected chi connectivity index (χ1v) is 12.3. The molecule has 0 fully saturated rings. The van der Waals surface area contributed by atoms with Gasteiger partial charge >= 0.3 is 0 Å². The van der Waals surface area contributed by atoms with E-state index >= 15 is 0 Å². The summed E-state index contributed by atoms with van der Waals surface area (Å²) >= 11 is 0. The van der Waals surface area contributed by atoms with Crippen molar-refractivity contribution in [1.82, 2.24) is 19.8 Å². The normalized spacial score (nSPS) is 11.3.